The van der Waals surface area contributed by atoms with Crippen LogP contribution in [-0.4, -0.2) is 220 Å². The van der Waals surface area contributed by atoms with E-state index < -0.39 is 54.3 Å². The van der Waals surface area contributed by atoms with Gasteiger partial charge in [0, 0.05) is 117 Å². The zero-order valence-corrected chi connectivity index (χ0v) is 70.4. The third-order valence-electron chi connectivity index (χ3n) is 25.9. The largest absolute Gasteiger partial charge is 0.496 e. The lowest BCUT2D eigenvalue weighted by molar-refractivity contribution is -0.183. The van der Waals surface area contributed by atoms with Crippen molar-refractivity contribution in [2.75, 3.05) is 111 Å². The van der Waals surface area contributed by atoms with Gasteiger partial charge in [-0.3, -0.25) is 24.1 Å². The topological polar surface area (TPSA) is 331 Å². The van der Waals surface area contributed by atoms with E-state index in [9.17, 15) is 44.7 Å². The summed E-state index contributed by atoms with van der Waals surface area (Å²) in [5.74, 6) is 0.686. The number of nitrogens with zero attached hydrogens (tertiary/aromatic N) is 6. The maximum absolute atomic E-state index is 14.3. The molecule has 8 aliphatic rings. The number of benzene rings is 6. The van der Waals surface area contributed by atoms with E-state index >= 15 is 0 Å². The van der Waals surface area contributed by atoms with Crippen LogP contribution in [0.4, 0.5) is 22.7 Å². The van der Waals surface area contributed by atoms with E-state index in [0.29, 0.717) is 70.9 Å². The third kappa shape index (κ3) is 20.1. The molecule has 6 aliphatic carbocycles. The molecule has 3 amide bonds. The van der Waals surface area contributed by atoms with Gasteiger partial charge in [-0.15, -0.1) is 0 Å². The Morgan fingerprint density at radius 2 is 1.03 bits per heavy atom. The van der Waals surface area contributed by atoms with Gasteiger partial charge in [0.05, 0.1) is 51.2 Å². The predicted molar refractivity (Wildman–Crippen MR) is 451 cm³/mol. The van der Waals surface area contributed by atoms with Gasteiger partial charge >= 0.3 is 5.97 Å². The highest BCUT2D eigenvalue weighted by Gasteiger charge is 2.59. The number of hydrogen-bond acceptors (Lipinski definition) is 20. The van der Waals surface area contributed by atoms with Crippen LogP contribution in [0.1, 0.15) is 130 Å². The number of carbonyl (C=O) groups excluding carboxylic acids is 3. The number of hydrogen-bond donors (Lipinski definition) is 11. The zero-order chi connectivity index (χ0) is 83.3. The number of carboxylic acid groups (broad SMARTS) is 1. The Balaban J connectivity index is 0.000000211. The molecule has 24 heteroatoms. The van der Waals surface area contributed by atoms with Crippen molar-refractivity contribution in [2.24, 2.45) is 63.9 Å². The molecule has 6 saturated carbocycles. The standard InChI is InChI=1S/C45H64N6O6.C34H47N3O6.C11H19N3/c1-26-37-21-32(45(37,3)4)22-38(26)48-44(55)41-40(27(2)53)39(25-52)57-51(41)23-29-13-11-15-36(42(29)56-9)30-18-31(20-35(19-30)50(7)8)43(54)47-34(24-49(5)6)17-28-12-10-14-33(46)16-28;1-18-21(9-8-10-26(18)22-11-23(33(41)42)13-25(12-22)36(6)7)16-37-31(30(20(3)39)29(17-38)43-37)32(40)35-28-15-24-14-27(19(28)2)34(24,4)5;1-14(2)8-11(13)7-9-4-3-5-10(12)6-9/h10-16,18-20,26-27,32,34,37-41,52-53H,17,21-25,46H2,1-9H3,(H,47,54)(H,48,55);8-13,19-20,24,27-31,38-39H,14-17H2,1-7H3,(H,35,40)(H,41,42);3-6,11H,7-8,12-13H2,1-2H3/t26-,27-,32+,34-,37-,38-,39-,40+,41-;19-,20-,24+,27-,28-,29-,30+,31-;/m00./s1. The first-order chi connectivity index (χ1) is 53.8. The molecule has 2 saturated heterocycles. The molecule has 1 unspecified atom stereocenters. The molecule has 8 fully saturated rings. The fourth-order valence-electron chi connectivity index (χ4n) is 19.4. The van der Waals surface area contributed by atoms with Gasteiger partial charge in [-0.2, -0.15) is 10.1 Å². The van der Waals surface area contributed by atoms with Gasteiger partial charge in [0.15, 0.2) is 0 Å². The second-order valence-corrected chi connectivity index (χ2v) is 35.5. The van der Waals surface area contributed by atoms with Crippen LogP contribution < -0.4 is 47.7 Å². The molecule has 14 N–H and O–H groups in total. The Labute approximate surface area is 675 Å². The summed E-state index contributed by atoms with van der Waals surface area (Å²) in [6.45, 7) is 20.4. The molecule has 6 aromatic rings. The Morgan fingerprint density at radius 1 is 0.588 bits per heavy atom. The number of para-hydroxylation sites is 1. The van der Waals surface area contributed by atoms with Crippen molar-refractivity contribution in [3.8, 4) is 28.0 Å². The van der Waals surface area contributed by atoms with Gasteiger partial charge in [0.1, 0.15) is 30.0 Å². The molecule has 6 aromatic carbocycles. The van der Waals surface area contributed by atoms with E-state index in [0.717, 1.165) is 87.4 Å². The minimum absolute atomic E-state index is 0.0301. The van der Waals surface area contributed by atoms with Gasteiger partial charge in [-0.05, 0) is 233 Å². The van der Waals surface area contributed by atoms with E-state index in [1.165, 1.54) is 18.4 Å². The molecule has 0 spiro atoms. The lowest BCUT2D eigenvalue weighted by Crippen LogP contribution is -2.62. The second-order valence-electron chi connectivity index (χ2n) is 35.5. The van der Waals surface area contributed by atoms with Crippen molar-refractivity contribution in [2.45, 2.75) is 175 Å². The van der Waals surface area contributed by atoms with Gasteiger partial charge in [0.2, 0.25) is 11.8 Å². The van der Waals surface area contributed by atoms with Crippen LogP contribution in [0.3, 0.4) is 0 Å². The van der Waals surface area contributed by atoms with Crippen LogP contribution in [0.5, 0.6) is 5.75 Å². The number of nitrogens with one attached hydrogen (secondary N) is 3. The minimum atomic E-state index is -0.995. The third-order valence-corrected chi connectivity index (χ3v) is 25.9. The zero-order valence-electron chi connectivity index (χ0n) is 70.4. The van der Waals surface area contributed by atoms with Gasteiger partial charge in [0.25, 0.3) is 5.91 Å². The summed E-state index contributed by atoms with van der Waals surface area (Å²) in [4.78, 5) is 74.7. The molecule has 18 atom stereocenters. The Kier molecular flexibility index (Phi) is 28.9. The fraction of sp³-hybridized carbons (Fsp3) is 0.556. The summed E-state index contributed by atoms with van der Waals surface area (Å²) in [5.41, 5.74) is 30.2. The number of carboxylic acids is 1. The Morgan fingerprint density at radius 3 is 1.46 bits per heavy atom. The highest BCUT2D eigenvalue weighted by atomic mass is 16.7. The molecular weight excluding hydrogens is 1440 g/mol. The van der Waals surface area contributed by atoms with Crippen LogP contribution in [0.25, 0.3) is 22.3 Å². The monoisotopic (exact) mass is 1570 g/mol. The van der Waals surface area contributed by atoms with E-state index in [-0.39, 0.29) is 79.2 Å². The van der Waals surface area contributed by atoms with E-state index in [1.807, 2.05) is 176 Å². The summed E-state index contributed by atoms with van der Waals surface area (Å²) in [6, 6.07) is 36.8. The van der Waals surface area contributed by atoms with Crippen molar-refractivity contribution in [1.29, 1.82) is 0 Å². The Hall–Kier alpha value is -8.24. The number of methoxy groups -OCH3 is 1. The first-order valence-electron chi connectivity index (χ1n) is 40.6. The smallest absolute Gasteiger partial charge is 0.335 e. The first kappa shape index (κ1) is 88.1. The summed E-state index contributed by atoms with van der Waals surface area (Å²) in [5, 5.41) is 65.2. The molecule has 622 valence electrons. The number of likely N-dealkylation sites (N-methyl/N-ethyl adjacent to an activating group) is 2. The molecule has 24 nitrogen and oxygen atoms in total. The van der Waals surface area contributed by atoms with Crippen molar-refractivity contribution in [1.82, 2.24) is 35.9 Å². The number of nitrogen functional groups attached to an aromatic ring is 2. The number of aliphatic hydroxyl groups is 4. The lowest BCUT2D eigenvalue weighted by Gasteiger charge is -2.62. The summed E-state index contributed by atoms with van der Waals surface area (Å²) in [6.07, 6.45) is 2.51. The van der Waals surface area contributed by atoms with Gasteiger partial charge in [-0.1, -0.05) is 102 Å². The number of aromatic carboxylic acids is 1. The highest BCUT2D eigenvalue weighted by Crippen LogP contribution is 2.62. The normalized spacial score (nSPS) is 26.3. The highest BCUT2D eigenvalue weighted by molar-refractivity contribution is 5.97. The quantitative estimate of drug-likeness (QED) is 0.0204. The van der Waals surface area contributed by atoms with Gasteiger partial charge < -0.3 is 83.0 Å². The second kappa shape index (κ2) is 37.4. The van der Waals surface area contributed by atoms with Crippen molar-refractivity contribution < 1.29 is 59.1 Å². The van der Waals surface area contributed by atoms with Crippen LogP contribution in [-0.2, 0) is 45.2 Å². The van der Waals surface area contributed by atoms with E-state index in [2.05, 4.69) is 73.4 Å². The van der Waals surface area contributed by atoms with Crippen molar-refractivity contribution >= 4 is 46.4 Å². The number of carbonyl (C=O) groups is 4. The molecular formula is C90H130N12O12. The maximum atomic E-state index is 14.3. The molecule has 114 heavy (non-hydrogen) atoms. The Bertz CT molecular complexity index is 4300. The van der Waals surface area contributed by atoms with Crippen molar-refractivity contribution in [3.05, 3.63) is 160 Å². The van der Waals surface area contributed by atoms with E-state index in [4.69, 9.17) is 31.6 Å². The number of anilines is 4. The SMILES string of the molecule is CN(C)CC(N)Cc1cccc(N)c1.COc1c(CN2O[C@@H](CO)[C@@H]([C@H](C)O)[C@H]2C(=O)N[C@H]2C[C@H]3C[C@@H]([C@@H]2C)C3(C)C)cccc1-c1cc(C(=O)N[C@@H](Cc2cccc(N)c2)CN(C)C)cc(N(C)C)c1.Cc1c(CN2O[C@@H](CO)[C@@H]([C@H](C)O)[C@H]2C(=O)N[C@H]2C[C@H]3C[C@@H]([C@@H]2C)C3(C)C)cccc1-c1cc(C(=O)O)cc(N(C)C)c1. The first-order valence-corrected chi connectivity index (χ1v) is 40.6. The van der Waals surface area contributed by atoms with Crippen LogP contribution >= 0.6 is 0 Å². The summed E-state index contributed by atoms with van der Waals surface area (Å²) < 4.78 is 6.11. The maximum Gasteiger partial charge on any atom is 0.335 e. The number of ether oxygens (including phenoxy) is 1. The van der Waals surface area contributed by atoms with Gasteiger partial charge in [-0.25, -0.2) is 4.79 Å². The number of hydroxylamine groups is 4. The van der Waals surface area contributed by atoms with Crippen LogP contribution in [0, 0.1) is 65.1 Å². The molecule has 2 aliphatic heterocycles. The molecule has 4 bridgehead atoms. The van der Waals surface area contributed by atoms with Crippen LogP contribution in [0.2, 0.25) is 0 Å². The molecule has 14 rings (SSSR count). The predicted octanol–water partition coefficient (Wildman–Crippen LogP) is 9.36. The number of aliphatic hydroxyl groups excluding tert-OH is 4. The van der Waals surface area contributed by atoms with Crippen molar-refractivity contribution in [3.63, 3.8) is 0 Å². The average molecular weight is 1570 g/mol. The number of fused-ring (bicyclic) bond motifs is 4. The summed E-state index contributed by atoms with van der Waals surface area (Å²) >= 11 is 0. The number of amides is 3. The number of rotatable bonds is 28. The number of nitrogens with two attached hydrogens (primary N) is 3. The summed E-state index contributed by atoms with van der Waals surface area (Å²) in [7, 11) is 17.3. The van der Waals surface area contributed by atoms with Crippen LogP contribution in [0.15, 0.2) is 121 Å². The molecule has 0 aromatic heterocycles. The van der Waals surface area contributed by atoms with E-state index in [1.54, 1.807) is 43.2 Å². The average Bonchev–Trinajstić information content (AvgIpc) is 0.856. The fourth-order valence-corrected chi connectivity index (χ4v) is 19.4. The molecule has 0 radical (unpaired) electrons. The molecule has 2 heterocycles. The minimum Gasteiger partial charge on any atom is -0.496 e. The lowest BCUT2D eigenvalue weighted by atomic mass is 9.45.